The first-order valence-electron chi connectivity index (χ1n) is 12.9. The average molecular weight is 741 g/mol. The minimum atomic E-state index is -0.656. The first-order chi connectivity index (χ1) is 20.6. The molecule has 0 aromatic carbocycles. The molecule has 0 aromatic rings. The first-order valence-corrected chi connectivity index (χ1v) is 19.9. The van der Waals surface area contributed by atoms with Gasteiger partial charge < -0.3 is 47.7 Å². The van der Waals surface area contributed by atoms with Crippen molar-refractivity contribution in [1.82, 2.24) is 0 Å². The van der Waals surface area contributed by atoms with Gasteiger partial charge in [-0.2, -0.15) is 0 Å². The maximum absolute atomic E-state index is 10.6. The Morgan fingerprint density at radius 3 is 1.45 bits per heavy atom. The number of thioether (sulfide) groups is 8. The summed E-state index contributed by atoms with van der Waals surface area (Å²) in [6, 6.07) is 0. The number of hydrogen-bond acceptors (Lipinski definition) is 18. The molecule has 4 aliphatic heterocycles. The number of methoxy groups -OCH3 is 3. The zero-order valence-electron chi connectivity index (χ0n) is 23.5. The molecule has 4 atom stereocenters. The number of aliphatic hydroxyl groups is 1. The molecule has 0 saturated carbocycles. The smallest absolute Gasteiger partial charge is 0.148 e. The van der Waals surface area contributed by atoms with Crippen LogP contribution in [0, 0.1) is 0 Å². The zero-order valence-corrected chi connectivity index (χ0v) is 30.0. The molecular formula is C24H36O10S8. The normalized spacial score (nSPS) is 26.6. The molecule has 42 heavy (non-hydrogen) atoms. The average Bonchev–Trinajstić information content (AvgIpc) is 3.58. The van der Waals surface area contributed by atoms with Gasteiger partial charge in [0.25, 0.3) is 0 Å². The molecule has 0 aliphatic carbocycles. The van der Waals surface area contributed by atoms with E-state index in [9.17, 15) is 5.11 Å². The van der Waals surface area contributed by atoms with Gasteiger partial charge in [-0.3, -0.25) is 0 Å². The Balaban J connectivity index is 1.30. The van der Waals surface area contributed by atoms with Gasteiger partial charge in [-0.25, -0.2) is 0 Å². The summed E-state index contributed by atoms with van der Waals surface area (Å²) in [4.78, 5) is 0. The maximum atomic E-state index is 10.6. The topological polar surface area (TPSA) is 103 Å². The van der Waals surface area contributed by atoms with Crippen LogP contribution in [0.4, 0.5) is 0 Å². The van der Waals surface area contributed by atoms with Crippen molar-refractivity contribution in [2.45, 2.75) is 23.1 Å². The van der Waals surface area contributed by atoms with Crippen molar-refractivity contribution in [1.29, 1.82) is 0 Å². The second kappa shape index (κ2) is 20.8. The highest BCUT2D eigenvalue weighted by Gasteiger charge is 2.39. The van der Waals surface area contributed by atoms with Crippen molar-refractivity contribution in [2.24, 2.45) is 0 Å². The summed E-state index contributed by atoms with van der Waals surface area (Å²) < 4.78 is 57.1. The van der Waals surface area contributed by atoms with Gasteiger partial charge in [-0.15, -0.1) is 23.5 Å². The number of hydrogen-bond donors (Lipinski definition) is 1. The monoisotopic (exact) mass is 740 g/mol. The van der Waals surface area contributed by atoms with Crippen LogP contribution in [0.5, 0.6) is 0 Å². The van der Waals surface area contributed by atoms with Gasteiger partial charge in [0.1, 0.15) is 31.3 Å². The lowest BCUT2D eigenvalue weighted by molar-refractivity contribution is -0.158. The third-order valence-corrected chi connectivity index (χ3v) is 17.4. The summed E-state index contributed by atoms with van der Waals surface area (Å²) in [5, 5.41) is 10.6. The van der Waals surface area contributed by atoms with Crippen molar-refractivity contribution in [3.05, 3.63) is 25.4 Å². The fourth-order valence-electron chi connectivity index (χ4n) is 3.31. The number of rotatable bonds is 18. The van der Waals surface area contributed by atoms with Crippen LogP contribution in [0.15, 0.2) is 25.4 Å². The molecule has 0 saturated heterocycles. The molecule has 240 valence electrons. The zero-order chi connectivity index (χ0) is 29.6. The highest BCUT2D eigenvalue weighted by molar-refractivity contribution is 8.45. The third kappa shape index (κ3) is 11.7. The van der Waals surface area contributed by atoms with Crippen LogP contribution >= 0.6 is 94.1 Å². The van der Waals surface area contributed by atoms with Gasteiger partial charge in [0, 0.05) is 32.8 Å². The maximum Gasteiger partial charge on any atom is 0.148 e. The van der Waals surface area contributed by atoms with Crippen LogP contribution in [-0.4, -0.2) is 121 Å². The molecule has 0 amide bonds. The van der Waals surface area contributed by atoms with Crippen molar-refractivity contribution >= 4 is 94.1 Å². The Bertz CT molecular complexity index is 901. The molecule has 0 spiro atoms. The van der Waals surface area contributed by atoms with E-state index in [1.54, 1.807) is 80.1 Å². The van der Waals surface area contributed by atoms with Gasteiger partial charge in [-0.1, -0.05) is 70.6 Å². The van der Waals surface area contributed by atoms with Crippen molar-refractivity contribution in [3.8, 4) is 0 Å². The standard InChI is InChI=1S/C24H36O10S8/c1-26-4-7-29-12-32-15-10-35-19-20(36-11-16(15)33-13-30-8-5-27-2)40-23(39-19)24-41-21-22(42-24)38-18(17(25)37-21)34-14-31-9-6-28-3/h15-18,25H,4-14H2,1-3H3/t15-,16-,17-,18-/m0/s1. The summed E-state index contributed by atoms with van der Waals surface area (Å²) >= 11 is 13.7. The minimum absolute atomic E-state index is 0.123. The second-order valence-corrected chi connectivity index (χ2v) is 18.3. The Labute approximate surface area is 281 Å². The van der Waals surface area contributed by atoms with Gasteiger partial charge in [0.05, 0.1) is 77.3 Å². The van der Waals surface area contributed by atoms with Gasteiger partial charge in [0.15, 0.2) is 0 Å². The second-order valence-electron chi connectivity index (χ2n) is 8.38. The summed E-state index contributed by atoms with van der Waals surface area (Å²) in [6.07, 6.45) is -0.303. The predicted octanol–water partition coefficient (Wildman–Crippen LogP) is 5.58. The predicted molar refractivity (Wildman–Crippen MR) is 180 cm³/mol. The van der Waals surface area contributed by atoms with Crippen LogP contribution < -0.4 is 0 Å². The summed E-state index contributed by atoms with van der Waals surface area (Å²) in [7, 11) is 4.93. The largest absolute Gasteiger partial charge is 0.382 e. The van der Waals surface area contributed by atoms with Gasteiger partial charge >= 0.3 is 0 Å². The molecule has 0 radical (unpaired) electrons. The molecule has 4 heterocycles. The van der Waals surface area contributed by atoms with Gasteiger partial charge in [-0.05, 0) is 0 Å². The van der Waals surface area contributed by atoms with Crippen LogP contribution in [0.1, 0.15) is 0 Å². The Hall–Kier alpha value is 1.62. The molecule has 10 nitrogen and oxygen atoms in total. The van der Waals surface area contributed by atoms with Crippen molar-refractivity contribution in [2.75, 3.05) is 92.9 Å². The van der Waals surface area contributed by atoms with Crippen LogP contribution in [0.25, 0.3) is 0 Å². The Kier molecular flexibility index (Phi) is 18.0. The van der Waals surface area contributed by atoms with Crippen LogP contribution in [0.2, 0.25) is 0 Å². The molecule has 4 rings (SSSR count). The molecule has 18 heteroatoms. The Morgan fingerprint density at radius 2 is 0.976 bits per heavy atom. The molecule has 0 fully saturated rings. The van der Waals surface area contributed by atoms with Crippen molar-refractivity contribution in [3.63, 3.8) is 0 Å². The van der Waals surface area contributed by atoms with Crippen LogP contribution in [-0.2, 0) is 42.6 Å². The lowest BCUT2D eigenvalue weighted by Crippen LogP contribution is -2.37. The Morgan fingerprint density at radius 1 is 0.548 bits per heavy atom. The van der Waals surface area contributed by atoms with E-state index in [0.717, 1.165) is 15.7 Å². The summed E-state index contributed by atoms with van der Waals surface area (Å²) in [6.45, 7) is 3.45. The lowest BCUT2D eigenvalue weighted by Gasteiger charge is -2.28. The molecule has 0 aromatic heterocycles. The van der Waals surface area contributed by atoms with E-state index in [-0.39, 0.29) is 38.0 Å². The molecule has 0 bridgehead atoms. The third-order valence-electron chi connectivity index (χ3n) is 5.44. The van der Waals surface area contributed by atoms with E-state index in [0.29, 0.717) is 39.6 Å². The van der Waals surface area contributed by atoms with Gasteiger partial charge in [0.2, 0.25) is 0 Å². The lowest BCUT2D eigenvalue weighted by atomic mass is 10.2. The van der Waals surface area contributed by atoms with Crippen molar-refractivity contribution < 1.29 is 47.7 Å². The quantitative estimate of drug-likeness (QED) is 0.140. The van der Waals surface area contributed by atoms with E-state index in [4.69, 9.17) is 42.6 Å². The SMILES string of the molecule is COCCOCO[C@H]1CSC2=C(SC[C@@H]1OCOCCOC)SC(=C1SC3=C(S1)S[C@H](OCOCCOC)[C@@H](O)S3)S2. The van der Waals surface area contributed by atoms with E-state index in [1.165, 1.54) is 32.9 Å². The first kappa shape index (κ1) is 36.5. The van der Waals surface area contributed by atoms with E-state index in [1.807, 2.05) is 23.5 Å². The highest BCUT2D eigenvalue weighted by Crippen LogP contribution is 2.68. The highest BCUT2D eigenvalue weighted by atomic mass is 32.3. The van der Waals surface area contributed by atoms with E-state index < -0.39 is 5.44 Å². The number of ether oxygens (including phenoxy) is 9. The molecule has 4 aliphatic rings. The van der Waals surface area contributed by atoms with E-state index in [2.05, 4.69) is 0 Å². The fourth-order valence-corrected chi connectivity index (χ4v) is 15.6. The number of aliphatic hydroxyl groups excluding tert-OH is 1. The van der Waals surface area contributed by atoms with Crippen LogP contribution in [0.3, 0.4) is 0 Å². The summed E-state index contributed by atoms with van der Waals surface area (Å²) in [5.41, 5.74) is -1.04. The minimum Gasteiger partial charge on any atom is -0.382 e. The fraction of sp³-hybridized carbons (Fsp3) is 0.750. The molecular weight excluding hydrogens is 705 g/mol. The molecule has 0 unspecified atom stereocenters. The van der Waals surface area contributed by atoms with E-state index >= 15 is 0 Å². The molecule has 1 N–H and O–H groups in total. The summed E-state index contributed by atoms with van der Waals surface area (Å²) in [5.74, 6) is 1.48.